The van der Waals surface area contributed by atoms with Crippen molar-refractivity contribution in [1.82, 2.24) is 4.90 Å². The lowest BCUT2D eigenvalue weighted by Gasteiger charge is -2.50. The Labute approximate surface area is 298 Å². The lowest BCUT2D eigenvalue weighted by atomic mass is 9.49. The number of imide groups is 2. The minimum Gasteiger partial charge on any atom is -0.503 e. The molecular formula is C40H32Cl2N2O6. The molecule has 2 aliphatic heterocycles. The Balaban J connectivity index is 1.35. The molecule has 8 rings (SSSR count). The van der Waals surface area contributed by atoms with Crippen LogP contribution in [0.5, 0.6) is 11.5 Å². The second kappa shape index (κ2) is 12.1. The highest BCUT2D eigenvalue weighted by atomic mass is 35.5. The van der Waals surface area contributed by atoms with E-state index in [4.69, 9.17) is 27.9 Å². The predicted octanol–water partition coefficient (Wildman–Crippen LogP) is 7.07. The van der Waals surface area contributed by atoms with Crippen molar-refractivity contribution in [2.24, 2.45) is 23.7 Å². The third kappa shape index (κ3) is 4.65. The van der Waals surface area contributed by atoms with Crippen molar-refractivity contribution in [3.05, 3.63) is 135 Å². The zero-order valence-electron chi connectivity index (χ0n) is 27.0. The molecule has 252 valence electrons. The van der Waals surface area contributed by atoms with E-state index in [0.717, 1.165) is 11.1 Å². The Morgan fingerprint density at radius 1 is 0.840 bits per heavy atom. The van der Waals surface area contributed by atoms with Crippen LogP contribution in [0.2, 0.25) is 10.0 Å². The number of amides is 4. The first-order valence-corrected chi connectivity index (χ1v) is 17.3. The van der Waals surface area contributed by atoms with Gasteiger partial charge in [-0.1, -0.05) is 102 Å². The molecule has 0 spiro atoms. The Hall–Kier alpha value is -4.92. The van der Waals surface area contributed by atoms with Gasteiger partial charge in [0.1, 0.15) is 0 Å². The van der Waals surface area contributed by atoms with E-state index in [9.17, 15) is 19.5 Å². The molecule has 4 aromatic carbocycles. The fraction of sp³-hybridized carbons (Fsp3) is 0.250. The summed E-state index contributed by atoms with van der Waals surface area (Å²) in [6.07, 6.45) is 2.45. The second-order valence-electron chi connectivity index (χ2n) is 13.4. The molecule has 3 fully saturated rings. The van der Waals surface area contributed by atoms with Crippen molar-refractivity contribution in [3.63, 3.8) is 0 Å². The fourth-order valence-electron chi connectivity index (χ4n) is 9.02. The molecule has 50 heavy (non-hydrogen) atoms. The van der Waals surface area contributed by atoms with E-state index in [1.165, 1.54) is 16.9 Å². The van der Waals surface area contributed by atoms with Crippen molar-refractivity contribution in [2.75, 3.05) is 12.0 Å². The molecule has 0 bridgehead atoms. The number of ether oxygens (including phenoxy) is 1. The zero-order valence-corrected chi connectivity index (χ0v) is 28.5. The number of fused-ring (bicyclic) bond motifs is 4. The van der Waals surface area contributed by atoms with Gasteiger partial charge in [0.15, 0.2) is 11.5 Å². The Bertz CT molecular complexity index is 2100. The maximum absolute atomic E-state index is 15.3. The van der Waals surface area contributed by atoms with Crippen molar-refractivity contribution >= 4 is 52.5 Å². The molecule has 4 aliphatic rings. The summed E-state index contributed by atoms with van der Waals surface area (Å²) in [4.78, 5) is 61.1. The smallest absolute Gasteiger partial charge is 0.246 e. The highest BCUT2D eigenvalue weighted by Gasteiger charge is 2.70. The maximum Gasteiger partial charge on any atom is 0.246 e. The number of halogens is 2. The third-order valence-corrected chi connectivity index (χ3v) is 11.6. The van der Waals surface area contributed by atoms with Crippen LogP contribution < -0.4 is 9.64 Å². The van der Waals surface area contributed by atoms with Crippen molar-refractivity contribution in [3.8, 4) is 11.5 Å². The Kier molecular flexibility index (Phi) is 7.84. The highest BCUT2D eigenvalue weighted by molar-refractivity contribution is 6.33. The minimum absolute atomic E-state index is 0.0140. The van der Waals surface area contributed by atoms with E-state index >= 15 is 4.79 Å². The second-order valence-corrected chi connectivity index (χ2v) is 14.2. The minimum atomic E-state index is -1.48. The van der Waals surface area contributed by atoms with Crippen molar-refractivity contribution in [2.45, 2.75) is 30.7 Å². The van der Waals surface area contributed by atoms with Gasteiger partial charge >= 0.3 is 0 Å². The van der Waals surface area contributed by atoms with Crippen LogP contribution in [0.3, 0.4) is 0 Å². The molecule has 10 heteroatoms. The van der Waals surface area contributed by atoms with Crippen LogP contribution in [-0.2, 0) is 31.1 Å². The van der Waals surface area contributed by atoms with Gasteiger partial charge in [0.05, 0.1) is 47.5 Å². The number of hydrogen-bond acceptors (Lipinski definition) is 6. The van der Waals surface area contributed by atoms with Crippen LogP contribution in [0.25, 0.3) is 0 Å². The molecule has 2 saturated heterocycles. The summed E-state index contributed by atoms with van der Waals surface area (Å²) in [6, 6.07) is 28.5. The van der Waals surface area contributed by atoms with E-state index < -0.39 is 46.8 Å². The fourth-order valence-corrected chi connectivity index (χ4v) is 9.43. The molecule has 6 atom stereocenters. The molecule has 4 amide bonds. The SMILES string of the molecule is COc1cc(C2C3=CCC4C(=O)N(Cc5ccccc5)C(=O)C4C3CC3C(=O)N(c4cccc(Cl)c4)C(=O)C32c2ccccc2)cc(Cl)c1O. The number of anilines is 1. The molecule has 6 unspecified atom stereocenters. The maximum atomic E-state index is 15.3. The number of likely N-dealkylation sites (tertiary alicyclic amines) is 1. The van der Waals surface area contributed by atoms with Crippen molar-refractivity contribution in [1.29, 1.82) is 0 Å². The topological polar surface area (TPSA) is 104 Å². The van der Waals surface area contributed by atoms with Gasteiger partial charge in [-0.2, -0.15) is 0 Å². The predicted molar refractivity (Wildman–Crippen MR) is 188 cm³/mol. The van der Waals surface area contributed by atoms with E-state index in [-0.39, 0.29) is 41.3 Å². The quantitative estimate of drug-likeness (QED) is 0.170. The number of hydrogen-bond donors (Lipinski definition) is 1. The number of phenols is 1. The molecule has 1 saturated carbocycles. The molecule has 2 heterocycles. The number of allylic oxidation sites excluding steroid dienone is 2. The summed E-state index contributed by atoms with van der Waals surface area (Å²) < 4.78 is 5.53. The monoisotopic (exact) mass is 706 g/mol. The van der Waals surface area contributed by atoms with Gasteiger partial charge in [0.2, 0.25) is 23.6 Å². The van der Waals surface area contributed by atoms with Crippen LogP contribution in [0.1, 0.15) is 35.4 Å². The van der Waals surface area contributed by atoms with Crippen LogP contribution >= 0.6 is 23.2 Å². The summed E-state index contributed by atoms with van der Waals surface area (Å²) in [5.74, 6) is -5.11. The van der Waals surface area contributed by atoms with Gasteiger partial charge in [-0.25, -0.2) is 4.90 Å². The summed E-state index contributed by atoms with van der Waals surface area (Å²) in [5.41, 5.74) is 1.66. The van der Waals surface area contributed by atoms with E-state index in [1.807, 2.05) is 66.7 Å². The van der Waals surface area contributed by atoms with Gasteiger partial charge in [0, 0.05) is 10.9 Å². The first kappa shape index (κ1) is 32.3. The van der Waals surface area contributed by atoms with Crippen LogP contribution in [0.4, 0.5) is 5.69 Å². The summed E-state index contributed by atoms with van der Waals surface area (Å²) in [5, 5.41) is 11.1. The number of methoxy groups -OCH3 is 1. The van der Waals surface area contributed by atoms with Gasteiger partial charge in [-0.05, 0) is 65.8 Å². The first-order chi connectivity index (χ1) is 24.2. The van der Waals surface area contributed by atoms with Crippen LogP contribution in [0.15, 0.2) is 109 Å². The zero-order chi connectivity index (χ0) is 34.9. The number of carbonyl (C=O) groups is 4. The van der Waals surface area contributed by atoms with Crippen molar-refractivity contribution < 1.29 is 29.0 Å². The van der Waals surface area contributed by atoms with E-state index in [0.29, 0.717) is 28.3 Å². The van der Waals surface area contributed by atoms with Crippen LogP contribution in [0, 0.1) is 23.7 Å². The third-order valence-electron chi connectivity index (χ3n) is 11.0. The van der Waals surface area contributed by atoms with Gasteiger partial charge in [-0.3, -0.25) is 24.1 Å². The lowest BCUT2D eigenvalue weighted by Crippen LogP contribution is -2.53. The number of nitrogens with zero attached hydrogens (tertiary/aromatic N) is 2. The average Bonchev–Trinajstić information content (AvgIpc) is 3.50. The number of carbonyl (C=O) groups excluding carboxylic acids is 4. The molecule has 2 aliphatic carbocycles. The lowest BCUT2D eigenvalue weighted by molar-refractivity contribution is -0.141. The standard InChI is InChI=1S/C40H32Cl2N2O6/c1-50-32-18-23(17-31(42)35(32)45)34-27-15-16-28-33(38(48)43(36(28)46)21-22-9-4-2-5-10-22)29(27)20-30-37(47)44(26-14-8-13-25(41)19-26)39(49)40(30,34)24-11-6-3-7-12-24/h2-15,17-19,28-30,33-34,45H,16,20-21H2,1H3. The molecule has 0 radical (unpaired) electrons. The summed E-state index contributed by atoms with van der Waals surface area (Å²) >= 11 is 13.0. The molecule has 0 aromatic heterocycles. The number of rotatable bonds is 6. The van der Waals surface area contributed by atoms with E-state index in [1.54, 1.807) is 36.4 Å². The molecule has 1 N–H and O–H groups in total. The largest absolute Gasteiger partial charge is 0.503 e. The summed E-state index contributed by atoms with van der Waals surface area (Å²) in [7, 11) is 1.41. The number of aromatic hydroxyl groups is 1. The Morgan fingerprint density at radius 2 is 1.56 bits per heavy atom. The Morgan fingerprint density at radius 3 is 2.26 bits per heavy atom. The van der Waals surface area contributed by atoms with Gasteiger partial charge in [0.25, 0.3) is 0 Å². The normalized spacial score (nSPS) is 27.2. The number of benzene rings is 4. The molecular weight excluding hydrogens is 675 g/mol. The molecule has 8 nitrogen and oxygen atoms in total. The highest BCUT2D eigenvalue weighted by Crippen LogP contribution is 2.65. The first-order valence-electron chi connectivity index (χ1n) is 16.5. The van der Waals surface area contributed by atoms with Gasteiger partial charge in [-0.15, -0.1) is 0 Å². The molecule has 4 aromatic rings. The average molecular weight is 708 g/mol. The van der Waals surface area contributed by atoms with Gasteiger partial charge < -0.3 is 9.84 Å². The summed E-state index contributed by atoms with van der Waals surface area (Å²) in [6.45, 7) is 0.152. The van der Waals surface area contributed by atoms with Crippen LogP contribution in [-0.4, -0.2) is 40.7 Å². The number of phenolic OH excluding ortho intramolecular Hbond substituents is 1. The van der Waals surface area contributed by atoms with E-state index in [2.05, 4.69) is 0 Å².